The van der Waals surface area contributed by atoms with Gasteiger partial charge in [0.25, 0.3) is 0 Å². The van der Waals surface area contributed by atoms with Crippen molar-refractivity contribution in [3.8, 4) is 0 Å². The van der Waals surface area contributed by atoms with E-state index in [2.05, 4.69) is 26.1 Å². The summed E-state index contributed by atoms with van der Waals surface area (Å²) < 4.78 is 11.1. The van der Waals surface area contributed by atoms with Crippen LogP contribution in [0.3, 0.4) is 0 Å². The zero-order valence-corrected chi connectivity index (χ0v) is 14.0. The predicted molar refractivity (Wildman–Crippen MR) is 83.1 cm³/mol. The zero-order chi connectivity index (χ0) is 15.5. The van der Waals surface area contributed by atoms with Crippen molar-refractivity contribution in [2.45, 2.75) is 71.4 Å². The topological polar surface area (TPSA) is 47.6 Å². The molecule has 1 aliphatic carbocycles. The average Bonchev–Trinajstić information content (AvgIpc) is 2.87. The zero-order valence-electron chi connectivity index (χ0n) is 14.0. The lowest BCUT2D eigenvalue weighted by Gasteiger charge is -2.46. The lowest BCUT2D eigenvalue weighted by atomic mass is 9.64. The summed E-state index contributed by atoms with van der Waals surface area (Å²) in [5.74, 6) is 0.442. The molecule has 122 valence electrons. The average molecular weight is 297 g/mol. The fraction of sp³-hybridized carbons (Fsp3) is 0.941. The van der Waals surface area contributed by atoms with Gasteiger partial charge in [-0.25, -0.2) is 0 Å². The van der Waals surface area contributed by atoms with Crippen molar-refractivity contribution in [2.75, 3.05) is 19.8 Å². The lowest BCUT2D eigenvalue weighted by molar-refractivity contribution is -0.156. The Hall–Kier alpha value is -0.610. The number of rotatable bonds is 5. The normalized spacial score (nSPS) is 35.6. The summed E-state index contributed by atoms with van der Waals surface area (Å²) >= 11 is 0. The molecule has 0 radical (unpaired) electrons. The van der Waals surface area contributed by atoms with E-state index in [4.69, 9.17) is 9.47 Å². The van der Waals surface area contributed by atoms with Gasteiger partial charge < -0.3 is 9.47 Å². The molecular formula is C17H31NO3. The van der Waals surface area contributed by atoms with E-state index in [1.54, 1.807) is 0 Å². The summed E-state index contributed by atoms with van der Waals surface area (Å²) in [5, 5.41) is 3.55. The molecule has 0 amide bonds. The van der Waals surface area contributed by atoms with Crippen LogP contribution in [0, 0.1) is 11.3 Å². The minimum absolute atomic E-state index is 0.0809. The van der Waals surface area contributed by atoms with Gasteiger partial charge in [-0.2, -0.15) is 0 Å². The van der Waals surface area contributed by atoms with Gasteiger partial charge in [0.2, 0.25) is 0 Å². The van der Waals surface area contributed by atoms with Crippen LogP contribution in [0.2, 0.25) is 0 Å². The molecule has 0 bridgehead atoms. The molecule has 2 rings (SSSR count). The van der Waals surface area contributed by atoms with E-state index in [0.717, 1.165) is 45.3 Å². The first-order chi connectivity index (χ1) is 9.87. The van der Waals surface area contributed by atoms with E-state index in [1.807, 2.05) is 6.92 Å². The highest BCUT2D eigenvalue weighted by molar-refractivity contribution is 5.81. The van der Waals surface area contributed by atoms with E-state index in [1.165, 1.54) is 0 Å². The third-order valence-electron chi connectivity index (χ3n) is 4.74. The van der Waals surface area contributed by atoms with Crippen LogP contribution in [-0.2, 0) is 14.3 Å². The van der Waals surface area contributed by atoms with Gasteiger partial charge in [-0.05, 0) is 50.4 Å². The molecular weight excluding hydrogens is 266 g/mol. The summed E-state index contributed by atoms with van der Waals surface area (Å²) in [7, 11) is 0. The second-order valence-corrected chi connectivity index (χ2v) is 7.67. The maximum Gasteiger partial charge on any atom is 0.326 e. The number of ether oxygens (including phenoxy) is 2. The van der Waals surface area contributed by atoms with E-state index >= 15 is 0 Å². The molecule has 0 aromatic rings. The number of carbonyl (C=O) groups excluding carboxylic acids is 1. The third-order valence-corrected chi connectivity index (χ3v) is 4.74. The molecule has 1 heterocycles. The number of carbonyl (C=O) groups is 1. The summed E-state index contributed by atoms with van der Waals surface area (Å²) in [4.78, 5) is 12.6. The van der Waals surface area contributed by atoms with Gasteiger partial charge in [0.1, 0.15) is 5.54 Å². The Bertz CT molecular complexity index is 363. The third kappa shape index (κ3) is 4.19. The van der Waals surface area contributed by atoms with Crippen LogP contribution in [0.5, 0.6) is 0 Å². The first-order valence-corrected chi connectivity index (χ1v) is 8.41. The Kier molecular flexibility index (Phi) is 5.31. The van der Waals surface area contributed by atoms with Gasteiger partial charge in [-0.3, -0.25) is 10.1 Å². The molecule has 4 heteroatoms. The molecule has 1 saturated heterocycles. The Balaban J connectivity index is 2.10. The molecule has 2 aliphatic rings. The van der Waals surface area contributed by atoms with Crippen molar-refractivity contribution in [3.63, 3.8) is 0 Å². The Morgan fingerprint density at radius 3 is 2.71 bits per heavy atom. The van der Waals surface area contributed by atoms with Gasteiger partial charge in [0.15, 0.2) is 0 Å². The first-order valence-electron chi connectivity index (χ1n) is 8.41. The van der Waals surface area contributed by atoms with Gasteiger partial charge in [-0.15, -0.1) is 0 Å². The number of hydrogen-bond donors (Lipinski definition) is 1. The van der Waals surface area contributed by atoms with Crippen LogP contribution in [0.1, 0.15) is 59.8 Å². The van der Waals surface area contributed by atoms with Crippen molar-refractivity contribution in [3.05, 3.63) is 0 Å². The van der Waals surface area contributed by atoms with Crippen molar-refractivity contribution < 1.29 is 14.3 Å². The Labute approximate surface area is 129 Å². The molecule has 0 aromatic carbocycles. The molecule has 21 heavy (non-hydrogen) atoms. The minimum Gasteiger partial charge on any atom is -0.465 e. The van der Waals surface area contributed by atoms with Gasteiger partial charge in [0.05, 0.1) is 12.7 Å². The summed E-state index contributed by atoms with van der Waals surface area (Å²) in [5.41, 5.74) is -0.378. The number of esters is 1. The smallest absolute Gasteiger partial charge is 0.326 e. The molecule has 1 aliphatic heterocycles. The maximum atomic E-state index is 12.6. The van der Waals surface area contributed by atoms with Crippen molar-refractivity contribution in [1.82, 2.24) is 5.32 Å². The van der Waals surface area contributed by atoms with Crippen LogP contribution in [-0.4, -0.2) is 37.4 Å². The van der Waals surface area contributed by atoms with Gasteiger partial charge >= 0.3 is 5.97 Å². The molecule has 0 spiro atoms. The second kappa shape index (κ2) is 6.66. The fourth-order valence-corrected chi connectivity index (χ4v) is 4.32. The van der Waals surface area contributed by atoms with Gasteiger partial charge in [-0.1, -0.05) is 20.8 Å². The predicted octanol–water partition coefficient (Wildman–Crippen LogP) is 2.90. The fourth-order valence-electron chi connectivity index (χ4n) is 4.32. The van der Waals surface area contributed by atoms with Crippen LogP contribution < -0.4 is 5.32 Å². The monoisotopic (exact) mass is 297 g/mol. The summed E-state index contributed by atoms with van der Waals surface area (Å²) in [6.07, 6.45) is 5.33. The van der Waals surface area contributed by atoms with E-state index < -0.39 is 5.54 Å². The van der Waals surface area contributed by atoms with E-state index in [0.29, 0.717) is 12.5 Å². The highest BCUT2D eigenvalue weighted by atomic mass is 16.5. The number of nitrogens with one attached hydrogen (secondary N) is 1. The number of hydrogen-bond acceptors (Lipinski definition) is 4. The molecule has 3 unspecified atom stereocenters. The lowest BCUT2D eigenvalue weighted by Crippen LogP contribution is -2.60. The summed E-state index contributed by atoms with van der Waals surface area (Å²) in [6.45, 7) is 10.7. The summed E-state index contributed by atoms with van der Waals surface area (Å²) in [6, 6.07) is 0. The van der Waals surface area contributed by atoms with Crippen LogP contribution >= 0.6 is 0 Å². The van der Waals surface area contributed by atoms with E-state index in [-0.39, 0.29) is 17.5 Å². The maximum absolute atomic E-state index is 12.6. The quantitative estimate of drug-likeness (QED) is 0.793. The van der Waals surface area contributed by atoms with Gasteiger partial charge in [0, 0.05) is 13.2 Å². The first kappa shape index (κ1) is 16.8. The van der Waals surface area contributed by atoms with Crippen molar-refractivity contribution >= 4 is 5.97 Å². The van der Waals surface area contributed by atoms with Crippen molar-refractivity contribution in [1.29, 1.82) is 0 Å². The van der Waals surface area contributed by atoms with Crippen LogP contribution in [0.15, 0.2) is 0 Å². The molecule has 1 saturated carbocycles. The Morgan fingerprint density at radius 2 is 2.14 bits per heavy atom. The van der Waals surface area contributed by atoms with E-state index in [9.17, 15) is 4.79 Å². The molecule has 3 atom stereocenters. The molecule has 0 aromatic heterocycles. The Morgan fingerprint density at radius 1 is 1.38 bits per heavy atom. The highest BCUT2D eigenvalue weighted by Crippen LogP contribution is 2.44. The minimum atomic E-state index is -0.539. The van der Waals surface area contributed by atoms with Crippen molar-refractivity contribution in [2.24, 2.45) is 11.3 Å². The SMILES string of the molecule is CCOC(=O)C1(NCC2CCCO2)CC(C)CC(C)(C)C1. The largest absolute Gasteiger partial charge is 0.465 e. The second-order valence-electron chi connectivity index (χ2n) is 7.67. The molecule has 4 nitrogen and oxygen atoms in total. The van der Waals surface area contributed by atoms with Crippen LogP contribution in [0.4, 0.5) is 0 Å². The standard InChI is InChI=1S/C17H31NO3/c1-5-20-15(19)17(18-11-14-7-6-8-21-14)10-13(2)9-16(3,4)12-17/h13-14,18H,5-12H2,1-4H3. The molecule has 1 N–H and O–H groups in total. The molecule has 2 fully saturated rings. The highest BCUT2D eigenvalue weighted by Gasteiger charge is 2.49. The van der Waals surface area contributed by atoms with Crippen LogP contribution in [0.25, 0.3) is 0 Å².